The predicted molar refractivity (Wildman–Crippen MR) is 93.8 cm³/mol. The quantitative estimate of drug-likeness (QED) is 0.832. The van der Waals surface area contributed by atoms with Crippen LogP contribution in [0.25, 0.3) is 0 Å². The van der Waals surface area contributed by atoms with Crippen LogP contribution in [-0.4, -0.2) is 41.9 Å². The number of carbonyl (C=O) groups is 3. The number of esters is 1. The summed E-state index contributed by atoms with van der Waals surface area (Å²) in [6, 6.07) is 9.42. The van der Waals surface area contributed by atoms with Crippen molar-refractivity contribution in [1.82, 2.24) is 4.90 Å². The van der Waals surface area contributed by atoms with Crippen LogP contribution >= 0.6 is 0 Å². The van der Waals surface area contributed by atoms with Gasteiger partial charge in [0.05, 0.1) is 11.8 Å². The van der Waals surface area contributed by atoms with Crippen molar-refractivity contribution in [2.75, 3.05) is 18.4 Å². The Bertz CT molecular complexity index is 777. The number of anilines is 1. The van der Waals surface area contributed by atoms with Gasteiger partial charge >= 0.3 is 5.97 Å². The van der Waals surface area contributed by atoms with Crippen molar-refractivity contribution in [2.24, 2.45) is 0 Å². The smallest absolute Gasteiger partial charge is 0.338 e. The summed E-state index contributed by atoms with van der Waals surface area (Å²) >= 11 is 0. The Hall–Kier alpha value is -3.09. The number of ether oxygens (including phenoxy) is 1. The molecule has 7 heteroatoms. The zero-order chi connectivity index (χ0) is 18.5. The second-order valence-corrected chi connectivity index (χ2v) is 6.09. The maximum atomic E-state index is 12.2. The number of hydrogen-bond acceptors (Lipinski definition) is 5. The van der Waals surface area contributed by atoms with Gasteiger partial charge in [0.2, 0.25) is 0 Å². The highest BCUT2D eigenvalue weighted by atomic mass is 16.5. The van der Waals surface area contributed by atoms with E-state index < -0.39 is 12.1 Å². The summed E-state index contributed by atoms with van der Waals surface area (Å²) in [5.74, 6) is -0.926. The third-order valence-electron chi connectivity index (χ3n) is 4.17. The zero-order valence-corrected chi connectivity index (χ0v) is 14.4. The molecule has 1 aliphatic heterocycles. The van der Waals surface area contributed by atoms with E-state index in [0.29, 0.717) is 24.3 Å². The van der Waals surface area contributed by atoms with Gasteiger partial charge in [-0.1, -0.05) is 0 Å². The molecule has 1 aromatic heterocycles. The van der Waals surface area contributed by atoms with Gasteiger partial charge in [-0.3, -0.25) is 9.59 Å². The number of nitrogens with one attached hydrogen (secondary N) is 1. The fraction of sp³-hybridized carbons (Fsp3) is 0.316. The summed E-state index contributed by atoms with van der Waals surface area (Å²) in [5, 5.41) is 2.66. The van der Waals surface area contributed by atoms with E-state index in [9.17, 15) is 14.4 Å². The predicted octanol–water partition coefficient (Wildman–Crippen LogP) is 2.70. The van der Waals surface area contributed by atoms with Crippen LogP contribution in [0.1, 0.15) is 40.7 Å². The van der Waals surface area contributed by atoms with Crippen LogP contribution in [-0.2, 0) is 9.53 Å². The molecule has 0 aliphatic carbocycles. The molecule has 136 valence electrons. The summed E-state index contributed by atoms with van der Waals surface area (Å²) < 4.78 is 10.3. The van der Waals surface area contributed by atoms with Crippen molar-refractivity contribution in [3.05, 3.63) is 54.0 Å². The molecule has 0 spiro atoms. The molecule has 1 saturated heterocycles. The molecule has 2 aromatic rings. The minimum absolute atomic E-state index is 0.168. The van der Waals surface area contributed by atoms with Crippen LogP contribution in [0.4, 0.5) is 5.69 Å². The van der Waals surface area contributed by atoms with Crippen molar-refractivity contribution >= 4 is 23.5 Å². The number of carbonyl (C=O) groups excluding carboxylic acids is 3. The first-order valence-corrected chi connectivity index (χ1v) is 8.49. The van der Waals surface area contributed by atoms with Gasteiger partial charge in [0, 0.05) is 18.8 Å². The van der Waals surface area contributed by atoms with E-state index in [2.05, 4.69) is 5.32 Å². The minimum Gasteiger partial charge on any atom is -0.459 e. The third-order valence-corrected chi connectivity index (χ3v) is 4.17. The SMILES string of the molecule is C[C@@H](OC(=O)c1ccc(NC(=O)c2ccco2)cc1)C(=O)N1CCCC1. The van der Waals surface area contributed by atoms with Crippen LogP contribution in [0, 0.1) is 0 Å². The summed E-state index contributed by atoms with van der Waals surface area (Å²) in [4.78, 5) is 38.0. The molecule has 0 unspecified atom stereocenters. The van der Waals surface area contributed by atoms with Crippen LogP contribution in [0.15, 0.2) is 47.1 Å². The first-order chi connectivity index (χ1) is 12.5. The van der Waals surface area contributed by atoms with E-state index in [1.807, 2.05) is 0 Å². The number of amides is 2. The van der Waals surface area contributed by atoms with Crippen LogP contribution < -0.4 is 5.32 Å². The Morgan fingerprint density at radius 3 is 2.42 bits per heavy atom. The molecule has 0 saturated carbocycles. The lowest BCUT2D eigenvalue weighted by Crippen LogP contribution is -2.38. The second-order valence-electron chi connectivity index (χ2n) is 6.09. The van der Waals surface area contributed by atoms with E-state index in [-0.39, 0.29) is 17.6 Å². The first-order valence-electron chi connectivity index (χ1n) is 8.49. The molecule has 3 rings (SSSR count). The Morgan fingerprint density at radius 2 is 1.81 bits per heavy atom. The molecule has 26 heavy (non-hydrogen) atoms. The van der Waals surface area contributed by atoms with Gasteiger partial charge in [-0.2, -0.15) is 0 Å². The lowest BCUT2D eigenvalue weighted by atomic mass is 10.2. The number of hydrogen-bond donors (Lipinski definition) is 1. The molecule has 1 atom stereocenters. The Kier molecular flexibility index (Phi) is 5.36. The minimum atomic E-state index is -0.820. The van der Waals surface area contributed by atoms with Crippen molar-refractivity contribution in [3.8, 4) is 0 Å². The lowest BCUT2D eigenvalue weighted by molar-refractivity contribution is -0.138. The van der Waals surface area contributed by atoms with Gasteiger partial charge in [-0.15, -0.1) is 0 Å². The number of furan rings is 1. The average molecular weight is 356 g/mol. The Labute approximate surface area is 150 Å². The fourth-order valence-corrected chi connectivity index (χ4v) is 2.76. The molecule has 0 bridgehead atoms. The van der Waals surface area contributed by atoms with E-state index in [0.717, 1.165) is 12.8 Å². The van der Waals surface area contributed by atoms with E-state index in [1.54, 1.807) is 36.1 Å². The first kappa shape index (κ1) is 17.7. The van der Waals surface area contributed by atoms with Crippen LogP contribution in [0.3, 0.4) is 0 Å². The van der Waals surface area contributed by atoms with Crippen molar-refractivity contribution in [1.29, 1.82) is 0 Å². The number of rotatable bonds is 5. The maximum absolute atomic E-state index is 12.2. The standard InChI is InChI=1S/C19H20N2O5/c1-13(18(23)21-10-2-3-11-21)26-19(24)14-6-8-15(9-7-14)20-17(22)16-5-4-12-25-16/h4-9,12-13H,2-3,10-11H2,1H3,(H,20,22)/t13-/m1/s1. The molecule has 2 heterocycles. The average Bonchev–Trinajstić information content (AvgIpc) is 3.35. The van der Waals surface area contributed by atoms with Gasteiger partial charge in [-0.05, 0) is 56.2 Å². The molecular formula is C19H20N2O5. The van der Waals surface area contributed by atoms with Crippen molar-refractivity contribution in [3.63, 3.8) is 0 Å². The zero-order valence-electron chi connectivity index (χ0n) is 14.4. The number of likely N-dealkylation sites (tertiary alicyclic amines) is 1. The highest BCUT2D eigenvalue weighted by Crippen LogP contribution is 2.15. The van der Waals surface area contributed by atoms with Gasteiger partial charge in [0.15, 0.2) is 11.9 Å². The molecule has 1 fully saturated rings. The molecule has 0 radical (unpaired) electrons. The Balaban J connectivity index is 1.56. The molecular weight excluding hydrogens is 336 g/mol. The van der Waals surface area contributed by atoms with Gasteiger partial charge in [0.1, 0.15) is 0 Å². The van der Waals surface area contributed by atoms with Crippen LogP contribution in [0.5, 0.6) is 0 Å². The summed E-state index contributed by atoms with van der Waals surface area (Å²) in [6.45, 7) is 3.01. The van der Waals surface area contributed by atoms with Gasteiger partial charge in [-0.25, -0.2) is 4.79 Å². The lowest BCUT2D eigenvalue weighted by Gasteiger charge is -2.20. The largest absolute Gasteiger partial charge is 0.459 e. The van der Waals surface area contributed by atoms with E-state index >= 15 is 0 Å². The number of nitrogens with zero attached hydrogens (tertiary/aromatic N) is 1. The van der Waals surface area contributed by atoms with Gasteiger partial charge in [0.25, 0.3) is 11.8 Å². The summed E-state index contributed by atoms with van der Waals surface area (Å²) in [5.41, 5.74) is 0.825. The van der Waals surface area contributed by atoms with E-state index in [1.165, 1.54) is 18.4 Å². The topological polar surface area (TPSA) is 88.8 Å². The van der Waals surface area contributed by atoms with E-state index in [4.69, 9.17) is 9.15 Å². The van der Waals surface area contributed by atoms with Crippen molar-refractivity contribution < 1.29 is 23.5 Å². The molecule has 1 N–H and O–H groups in total. The normalized spacial score (nSPS) is 14.7. The van der Waals surface area contributed by atoms with Gasteiger partial charge < -0.3 is 19.4 Å². The highest BCUT2D eigenvalue weighted by Gasteiger charge is 2.26. The molecule has 1 aliphatic rings. The monoisotopic (exact) mass is 356 g/mol. The molecule has 2 amide bonds. The summed E-state index contributed by atoms with van der Waals surface area (Å²) in [6.07, 6.45) is 2.56. The third kappa shape index (κ3) is 4.11. The van der Waals surface area contributed by atoms with Crippen molar-refractivity contribution in [2.45, 2.75) is 25.9 Å². The number of benzene rings is 1. The summed E-state index contributed by atoms with van der Waals surface area (Å²) in [7, 11) is 0. The highest BCUT2D eigenvalue weighted by molar-refractivity contribution is 6.02. The maximum Gasteiger partial charge on any atom is 0.338 e. The second kappa shape index (κ2) is 7.86. The Morgan fingerprint density at radius 1 is 1.12 bits per heavy atom. The van der Waals surface area contributed by atoms with Crippen LogP contribution in [0.2, 0.25) is 0 Å². The molecule has 1 aromatic carbocycles. The molecule has 7 nitrogen and oxygen atoms in total. The fourth-order valence-electron chi connectivity index (χ4n) is 2.76.